The third kappa shape index (κ3) is 5.54. The third-order valence-corrected chi connectivity index (χ3v) is 4.16. The fourth-order valence-electron chi connectivity index (χ4n) is 2.27. The van der Waals surface area contributed by atoms with Crippen LogP contribution in [0.25, 0.3) is 10.8 Å². The Labute approximate surface area is 162 Å². The van der Waals surface area contributed by atoms with Crippen molar-refractivity contribution in [3.05, 3.63) is 42.0 Å². The highest BCUT2D eigenvalue weighted by Crippen LogP contribution is 2.21. The van der Waals surface area contributed by atoms with E-state index in [0.29, 0.717) is 12.0 Å². The Hall–Kier alpha value is -1.50. The minimum atomic E-state index is 0. The molecule has 0 spiro atoms. The summed E-state index contributed by atoms with van der Waals surface area (Å²) in [5.41, 5.74) is 1.22. The van der Waals surface area contributed by atoms with Crippen LogP contribution in [-0.4, -0.2) is 26.2 Å². The van der Waals surface area contributed by atoms with Crippen LogP contribution in [0.2, 0.25) is 0 Å². The molecule has 2 rings (SSSR count). The van der Waals surface area contributed by atoms with Crippen molar-refractivity contribution in [2.45, 2.75) is 33.4 Å². The van der Waals surface area contributed by atoms with Gasteiger partial charge in [-0.05, 0) is 47.4 Å². The Bertz CT molecular complexity index is 685. The summed E-state index contributed by atoms with van der Waals surface area (Å²) in [5.74, 6) is 2.28. The highest BCUT2D eigenvalue weighted by molar-refractivity contribution is 14.0. The van der Waals surface area contributed by atoms with Crippen LogP contribution in [0.1, 0.15) is 26.3 Å². The summed E-state index contributed by atoms with van der Waals surface area (Å²) in [5, 5.41) is 9.18. The second kappa shape index (κ2) is 9.71. The number of nitrogens with one attached hydrogen (secondary N) is 2. The molecule has 0 heterocycles. The van der Waals surface area contributed by atoms with E-state index in [4.69, 9.17) is 4.74 Å². The number of aliphatic imine (C=N–C) groups is 1. The van der Waals surface area contributed by atoms with Crippen molar-refractivity contribution in [2.75, 3.05) is 14.2 Å². The molecular weight excluding hydrogens is 413 g/mol. The molecule has 5 heteroatoms. The molecule has 2 N–H and O–H groups in total. The van der Waals surface area contributed by atoms with Gasteiger partial charge in [0, 0.05) is 19.6 Å². The zero-order chi connectivity index (χ0) is 16.8. The number of hydrogen-bond donors (Lipinski definition) is 2. The van der Waals surface area contributed by atoms with Gasteiger partial charge in [0.05, 0.1) is 7.11 Å². The zero-order valence-electron chi connectivity index (χ0n) is 15.1. The molecule has 1 atom stereocenters. The summed E-state index contributed by atoms with van der Waals surface area (Å²) in [6.45, 7) is 7.30. The molecule has 132 valence electrons. The first-order chi connectivity index (χ1) is 11.0. The van der Waals surface area contributed by atoms with E-state index in [1.54, 1.807) is 14.2 Å². The molecule has 0 saturated heterocycles. The molecule has 4 nitrogen and oxygen atoms in total. The molecular formula is C19H28IN3O. The van der Waals surface area contributed by atoms with Crippen LogP contribution in [0.5, 0.6) is 5.75 Å². The van der Waals surface area contributed by atoms with Crippen LogP contribution in [0.3, 0.4) is 0 Å². The molecule has 1 unspecified atom stereocenters. The molecule has 0 aromatic heterocycles. The molecule has 0 aliphatic rings. The van der Waals surface area contributed by atoms with Gasteiger partial charge in [0.1, 0.15) is 5.75 Å². The average Bonchev–Trinajstić information content (AvgIpc) is 2.57. The summed E-state index contributed by atoms with van der Waals surface area (Å²) >= 11 is 0. The van der Waals surface area contributed by atoms with Crippen molar-refractivity contribution in [1.82, 2.24) is 10.6 Å². The lowest BCUT2D eigenvalue weighted by Crippen LogP contribution is -2.43. The number of halogens is 1. The Morgan fingerprint density at radius 3 is 2.38 bits per heavy atom. The number of rotatable bonds is 5. The number of benzene rings is 2. The lowest BCUT2D eigenvalue weighted by atomic mass is 10.1. The van der Waals surface area contributed by atoms with E-state index in [1.165, 1.54) is 16.3 Å². The molecule has 24 heavy (non-hydrogen) atoms. The lowest BCUT2D eigenvalue weighted by molar-refractivity contribution is 0.415. The van der Waals surface area contributed by atoms with E-state index in [1.807, 2.05) is 6.07 Å². The first-order valence-corrected chi connectivity index (χ1v) is 8.07. The van der Waals surface area contributed by atoms with Crippen LogP contribution in [-0.2, 0) is 6.54 Å². The number of hydrogen-bond acceptors (Lipinski definition) is 2. The molecule has 0 aliphatic heterocycles. The lowest BCUT2D eigenvalue weighted by Gasteiger charge is -2.20. The van der Waals surface area contributed by atoms with E-state index in [0.717, 1.165) is 18.3 Å². The van der Waals surface area contributed by atoms with Gasteiger partial charge >= 0.3 is 0 Å². The quantitative estimate of drug-likeness (QED) is 0.416. The molecule has 2 aromatic rings. The first kappa shape index (κ1) is 20.5. The molecule has 0 aliphatic carbocycles. The van der Waals surface area contributed by atoms with Gasteiger partial charge in [-0.1, -0.05) is 32.0 Å². The summed E-state index contributed by atoms with van der Waals surface area (Å²) in [7, 11) is 3.49. The van der Waals surface area contributed by atoms with Crippen molar-refractivity contribution in [3.63, 3.8) is 0 Å². The number of methoxy groups -OCH3 is 1. The van der Waals surface area contributed by atoms with Crippen molar-refractivity contribution < 1.29 is 4.74 Å². The third-order valence-electron chi connectivity index (χ3n) is 4.16. The number of guanidine groups is 1. The van der Waals surface area contributed by atoms with Crippen LogP contribution < -0.4 is 15.4 Å². The molecule has 2 aromatic carbocycles. The highest BCUT2D eigenvalue weighted by atomic mass is 127. The summed E-state index contributed by atoms with van der Waals surface area (Å²) < 4.78 is 5.27. The van der Waals surface area contributed by atoms with Crippen LogP contribution >= 0.6 is 24.0 Å². The van der Waals surface area contributed by atoms with Gasteiger partial charge in [-0.2, -0.15) is 0 Å². The maximum absolute atomic E-state index is 5.27. The standard InChI is InChI=1S/C19H27N3O.HI/c1-13(2)14(3)22-19(20-4)21-12-15-6-7-17-11-18(23-5)9-8-16(17)10-15;/h6-11,13-14H,12H2,1-5H3,(H2,20,21,22);1H. The van der Waals surface area contributed by atoms with Gasteiger partial charge < -0.3 is 15.4 Å². The molecule has 0 fully saturated rings. The van der Waals surface area contributed by atoms with Gasteiger partial charge in [-0.15, -0.1) is 24.0 Å². The monoisotopic (exact) mass is 441 g/mol. The Morgan fingerprint density at radius 2 is 1.75 bits per heavy atom. The predicted molar refractivity (Wildman–Crippen MR) is 114 cm³/mol. The smallest absolute Gasteiger partial charge is 0.191 e. The maximum Gasteiger partial charge on any atom is 0.191 e. The maximum atomic E-state index is 5.27. The fraction of sp³-hybridized carbons (Fsp3) is 0.421. The molecule has 0 saturated carbocycles. The largest absolute Gasteiger partial charge is 0.497 e. The molecule has 0 bridgehead atoms. The Morgan fingerprint density at radius 1 is 1.08 bits per heavy atom. The van der Waals surface area contributed by atoms with E-state index in [2.05, 4.69) is 66.7 Å². The van der Waals surface area contributed by atoms with E-state index in [9.17, 15) is 0 Å². The number of nitrogens with zero attached hydrogens (tertiary/aromatic N) is 1. The number of ether oxygens (including phenoxy) is 1. The van der Waals surface area contributed by atoms with E-state index in [-0.39, 0.29) is 24.0 Å². The zero-order valence-corrected chi connectivity index (χ0v) is 17.4. The van der Waals surface area contributed by atoms with Gasteiger partial charge in [0.25, 0.3) is 0 Å². The topological polar surface area (TPSA) is 45.7 Å². The summed E-state index contributed by atoms with van der Waals surface area (Å²) in [4.78, 5) is 4.29. The SMILES string of the molecule is CN=C(NCc1ccc2cc(OC)ccc2c1)NC(C)C(C)C.I. The predicted octanol–water partition coefficient (Wildman–Crippen LogP) is 4.18. The van der Waals surface area contributed by atoms with Crippen LogP contribution in [0, 0.1) is 5.92 Å². The van der Waals surface area contributed by atoms with E-state index >= 15 is 0 Å². The highest BCUT2D eigenvalue weighted by Gasteiger charge is 2.08. The van der Waals surface area contributed by atoms with Crippen LogP contribution in [0.15, 0.2) is 41.4 Å². The molecule has 0 amide bonds. The molecule has 0 radical (unpaired) electrons. The van der Waals surface area contributed by atoms with Gasteiger partial charge in [-0.25, -0.2) is 0 Å². The van der Waals surface area contributed by atoms with Gasteiger partial charge in [-0.3, -0.25) is 4.99 Å². The van der Waals surface area contributed by atoms with Crippen molar-refractivity contribution >= 4 is 40.7 Å². The Kier molecular flexibility index (Phi) is 8.31. The second-order valence-electron chi connectivity index (χ2n) is 6.15. The minimum Gasteiger partial charge on any atom is -0.497 e. The van der Waals surface area contributed by atoms with Crippen molar-refractivity contribution in [3.8, 4) is 5.75 Å². The van der Waals surface area contributed by atoms with Crippen molar-refractivity contribution in [2.24, 2.45) is 10.9 Å². The summed E-state index contributed by atoms with van der Waals surface area (Å²) in [6.07, 6.45) is 0. The number of fused-ring (bicyclic) bond motifs is 1. The average molecular weight is 441 g/mol. The van der Waals surface area contributed by atoms with Crippen LogP contribution in [0.4, 0.5) is 0 Å². The minimum absolute atomic E-state index is 0. The second-order valence-corrected chi connectivity index (χ2v) is 6.15. The van der Waals surface area contributed by atoms with Gasteiger partial charge in [0.15, 0.2) is 5.96 Å². The normalized spacial score (nSPS) is 12.7. The van der Waals surface area contributed by atoms with Gasteiger partial charge in [0.2, 0.25) is 0 Å². The summed E-state index contributed by atoms with van der Waals surface area (Å²) in [6, 6.07) is 13.0. The fourth-order valence-corrected chi connectivity index (χ4v) is 2.27. The Balaban J connectivity index is 0.00000288. The van der Waals surface area contributed by atoms with E-state index < -0.39 is 0 Å². The first-order valence-electron chi connectivity index (χ1n) is 8.07. The van der Waals surface area contributed by atoms with Crippen molar-refractivity contribution in [1.29, 1.82) is 0 Å².